The van der Waals surface area contributed by atoms with Gasteiger partial charge in [0.05, 0.1) is 0 Å². The van der Waals surface area contributed by atoms with E-state index in [0.717, 1.165) is 5.56 Å². The van der Waals surface area contributed by atoms with Gasteiger partial charge in [0.1, 0.15) is 6.61 Å². The molecular weight excluding hydrogens is 279 g/mol. The number of Topliss-reactive ketones (excluding diaryl/α,β-unsaturated/α-hetero) is 1. The Morgan fingerprint density at radius 1 is 1.20 bits per heavy atom. The summed E-state index contributed by atoms with van der Waals surface area (Å²) < 4.78 is 25.4. The second-order valence-electron chi connectivity index (χ2n) is 3.79. The molecule has 1 rings (SSSR count). The summed E-state index contributed by atoms with van der Waals surface area (Å²) in [6.07, 6.45) is 0.647. The molecule has 0 aliphatic heterocycles. The smallest absolute Gasteiger partial charge is 0.297 e. The summed E-state index contributed by atoms with van der Waals surface area (Å²) in [7, 11) is -1.19. The normalized spacial score (nSPS) is 10.7. The molecular formula is C14H17O5P. The second kappa shape index (κ2) is 8.68. The van der Waals surface area contributed by atoms with E-state index >= 15 is 0 Å². The molecule has 0 aliphatic carbocycles. The highest BCUT2D eigenvalue weighted by atomic mass is 31.2. The van der Waals surface area contributed by atoms with Crippen LogP contribution < -0.4 is 0 Å². The summed E-state index contributed by atoms with van der Waals surface area (Å²) >= 11 is 0. The first-order valence-electron chi connectivity index (χ1n) is 6.01. The summed E-state index contributed by atoms with van der Waals surface area (Å²) in [6.45, 7) is -0.314. The van der Waals surface area contributed by atoms with Crippen LogP contribution in [0.1, 0.15) is 18.4 Å². The standard InChI is InChI=1S/C14H17O5P/c1-17-20(16,18-2)19-12-14(15)11-7-6-10-13-8-4-3-5-9-13/h3-5,8-9H,7,11-12H2,1-2H3. The molecule has 0 bridgehead atoms. The predicted molar refractivity (Wildman–Crippen MR) is 75.1 cm³/mol. The van der Waals surface area contributed by atoms with Gasteiger partial charge in [-0.25, -0.2) is 4.57 Å². The first-order chi connectivity index (χ1) is 9.59. The topological polar surface area (TPSA) is 61.8 Å². The van der Waals surface area contributed by atoms with Crippen LogP contribution >= 0.6 is 7.82 Å². The minimum Gasteiger partial charge on any atom is -0.297 e. The molecule has 0 N–H and O–H groups in total. The van der Waals surface area contributed by atoms with Crippen LogP contribution in [-0.2, 0) is 22.9 Å². The van der Waals surface area contributed by atoms with E-state index in [0.29, 0.717) is 6.42 Å². The minimum absolute atomic E-state index is 0.207. The van der Waals surface area contributed by atoms with Crippen LogP contribution in [0.4, 0.5) is 0 Å². The Morgan fingerprint density at radius 2 is 1.85 bits per heavy atom. The fourth-order valence-electron chi connectivity index (χ4n) is 1.29. The third-order valence-corrected chi connectivity index (χ3v) is 3.71. The van der Waals surface area contributed by atoms with E-state index < -0.39 is 7.82 Å². The lowest BCUT2D eigenvalue weighted by atomic mass is 10.2. The van der Waals surface area contributed by atoms with Gasteiger partial charge >= 0.3 is 7.82 Å². The third kappa shape index (κ3) is 6.14. The van der Waals surface area contributed by atoms with E-state index in [1.807, 2.05) is 30.3 Å². The molecule has 0 saturated heterocycles. The predicted octanol–water partition coefficient (Wildman–Crippen LogP) is 2.80. The Bertz CT molecular complexity index is 521. The Balaban J connectivity index is 2.31. The van der Waals surface area contributed by atoms with Crippen molar-refractivity contribution in [2.75, 3.05) is 20.8 Å². The molecule has 1 aromatic carbocycles. The maximum atomic E-state index is 11.5. The minimum atomic E-state index is -3.58. The molecule has 0 aromatic heterocycles. The summed E-state index contributed by atoms with van der Waals surface area (Å²) in [5.41, 5.74) is 0.902. The van der Waals surface area contributed by atoms with Crippen molar-refractivity contribution >= 4 is 13.6 Å². The number of hydrogen-bond donors (Lipinski definition) is 0. The number of carbonyl (C=O) groups is 1. The quantitative estimate of drug-likeness (QED) is 0.572. The Labute approximate surface area is 118 Å². The molecule has 0 fully saturated rings. The molecule has 0 spiro atoms. The molecule has 1 aromatic rings. The Hall–Kier alpha value is -1.44. The number of benzene rings is 1. The Kier molecular flexibility index (Phi) is 7.21. The van der Waals surface area contributed by atoms with Crippen LogP contribution in [0, 0.1) is 11.8 Å². The molecule has 0 amide bonds. The average molecular weight is 296 g/mol. The molecule has 6 heteroatoms. The van der Waals surface area contributed by atoms with Gasteiger partial charge in [-0.2, -0.15) is 0 Å². The summed E-state index contributed by atoms with van der Waals surface area (Å²) in [5.74, 6) is 5.64. The molecule has 0 aliphatic rings. The van der Waals surface area contributed by atoms with Crippen molar-refractivity contribution in [3.63, 3.8) is 0 Å². The first-order valence-corrected chi connectivity index (χ1v) is 7.47. The lowest BCUT2D eigenvalue weighted by Gasteiger charge is -2.12. The number of phosphoric acid groups is 1. The van der Waals surface area contributed by atoms with E-state index in [1.54, 1.807) is 0 Å². The zero-order valence-electron chi connectivity index (χ0n) is 11.5. The van der Waals surface area contributed by atoms with Gasteiger partial charge in [0.2, 0.25) is 0 Å². The van der Waals surface area contributed by atoms with Crippen molar-refractivity contribution in [3.05, 3.63) is 35.9 Å². The molecule has 0 saturated carbocycles. The summed E-state index contributed by atoms with van der Waals surface area (Å²) in [5, 5.41) is 0. The highest BCUT2D eigenvalue weighted by Gasteiger charge is 2.23. The zero-order chi connectivity index (χ0) is 14.8. The molecule has 0 radical (unpaired) electrons. The second-order valence-corrected chi connectivity index (χ2v) is 5.68. The van der Waals surface area contributed by atoms with Crippen LogP contribution in [0.2, 0.25) is 0 Å². The maximum absolute atomic E-state index is 11.5. The molecule has 0 unspecified atom stereocenters. The fourth-order valence-corrected chi connectivity index (χ4v) is 1.95. The largest absolute Gasteiger partial charge is 0.474 e. The molecule has 0 atom stereocenters. The lowest BCUT2D eigenvalue weighted by molar-refractivity contribution is -0.121. The highest BCUT2D eigenvalue weighted by Crippen LogP contribution is 2.47. The van der Waals surface area contributed by atoms with Crippen molar-refractivity contribution < 1.29 is 22.9 Å². The van der Waals surface area contributed by atoms with E-state index in [2.05, 4.69) is 20.9 Å². The maximum Gasteiger partial charge on any atom is 0.474 e. The van der Waals surface area contributed by atoms with Gasteiger partial charge in [0.15, 0.2) is 5.78 Å². The summed E-state index contributed by atoms with van der Waals surface area (Å²) in [4.78, 5) is 11.5. The lowest BCUT2D eigenvalue weighted by Crippen LogP contribution is -2.08. The van der Waals surface area contributed by atoms with Crippen molar-refractivity contribution in [1.29, 1.82) is 0 Å². The molecule has 5 nitrogen and oxygen atoms in total. The van der Waals surface area contributed by atoms with Crippen LogP contribution in [-0.4, -0.2) is 26.6 Å². The van der Waals surface area contributed by atoms with Crippen LogP contribution in [0.15, 0.2) is 30.3 Å². The van der Waals surface area contributed by atoms with Crippen LogP contribution in [0.5, 0.6) is 0 Å². The van der Waals surface area contributed by atoms with Crippen molar-refractivity contribution in [1.82, 2.24) is 0 Å². The average Bonchev–Trinajstić information content (AvgIpc) is 2.50. The fraction of sp³-hybridized carbons (Fsp3) is 0.357. The van der Waals surface area contributed by atoms with Crippen LogP contribution in [0.25, 0.3) is 0 Å². The van der Waals surface area contributed by atoms with Gasteiger partial charge in [0.25, 0.3) is 0 Å². The molecule has 0 heterocycles. The van der Waals surface area contributed by atoms with Gasteiger partial charge in [0, 0.05) is 32.6 Å². The number of carbonyl (C=O) groups excluding carboxylic acids is 1. The third-order valence-electron chi connectivity index (χ3n) is 2.37. The van der Waals surface area contributed by atoms with Gasteiger partial charge < -0.3 is 0 Å². The van der Waals surface area contributed by atoms with Crippen molar-refractivity contribution in [2.45, 2.75) is 12.8 Å². The number of rotatable bonds is 7. The number of hydrogen-bond acceptors (Lipinski definition) is 5. The van der Waals surface area contributed by atoms with Crippen molar-refractivity contribution in [3.8, 4) is 11.8 Å². The monoisotopic (exact) mass is 296 g/mol. The summed E-state index contributed by atoms with van der Waals surface area (Å²) in [6, 6.07) is 9.50. The highest BCUT2D eigenvalue weighted by molar-refractivity contribution is 7.48. The van der Waals surface area contributed by atoms with E-state index in [4.69, 9.17) is 4.52 Å². The van der Waals surface area contributed by atoms with E-state index in [1.165, 1.54) is 14.2 Å². The number of phosphoric ester groups is 1. The zero-order valence-corrected chi connectivity index (χ0v) is 12.4. The van der Waals surface area contributed by atoms with Crippen LogP contribution in [0.3, 0.4) is 0 Å². The van der Waals surface area contributed by atoms with Gasteiger partial charge in [-0.3, -0.25) is 18.4 Å². The van der Waals surface area contributed by atoms with Gasteiger partial charge in [-0.15, -0.1) is 0 Å². The molecule has 20 heavy (non-hydrogen) atoms. The van der Waals surface area contributed by atoms with Gasteiger partial charge in [-0.1, -0.05) is 30.0 Å². The van der Waals surface area contributed by atoms with E-state index in [-0.39, 0.29) is 18.8 Å². The van der Waals surface area contributed by atoms with E-state index in [9.17, 15) is 9.36 Å². The SMILES string of the molecule is COP(=O)(OC)OCC(=O)CCC#Cc1ccccc1. The van der Waals surface area contributed by atoms with Gasteiger partial charge in [-0.05, 0) is 12.1 Å². The first kappa shape index (κ1) is 16.6. The number of ketones is 1. The Morgan fingerprint density at radius 3 is 2.45 bits per heavy atom. The molecule has 108 valence electrons. The van der Waals surface area contributed by atoms with Crippen molar-refractivity contribution in [2.24, 2.45) is 0 Å².